The molecule has 1 heterocycles. The van der Waals surface area contributed by atoms with Crippen molar-refractivity contribution in [1.29, 1.82) is 0 Å². The SMILES string of the molecule is O=C(Cc1ccccc1Cl)c1c[nH]c2ccccc12. The fraction of sp³-hybridized carbons (Fsp3) is 0.0625. The molecular formula is C16H12ClNO. The smallest absolute Gasteiger partial charge is 0.169 e. The first-order valence-corrected chi connectivity index (χ1v) is 6.46. The van der Waals surface area contributed by atoms with Crippen LogP contribution in [0.15, 0.2) is 54.7 Å². The minimum Gasteiger partial charge on any atom is -0.360 e. The van der Waals surface area contributed by atoms with Crippen molar-refractivity contribution in [2.75, 3.05) is 0 Å². The van der Waals surface area contributed by atoms with Gasteiger partial charge in [-0.3, -0.25) is 4.79 Å². The Balaban J connectivity index is 1.95. The third-order valence-corrected chi connectivity index (χ3v) is 3.57. The molecule has 1 N–H and O–H groups in total. The van der Waals surface area contributed by atoms with Gasteiger partial charge in [0, 0.05) is 34.1 Å². The second kappa shape index (κ2) is 4.90. The number of ketones is 1. The highest BCUT2D eigenvalue weighted by Gasteiger charge is 2.13. The van der Waals surface area contributed by atoms with Gasteiger partial charge in [0.15, 0.2) is 5.78 Å². The van der Waals surface area contributed by atoms with E-state index in [2.05, 4.69) is 4.98 Å². The maximum atomic E-state index is 12.4. The number of aromatic nitrogens is 1. The lowest BCUT2D eigenvalue weighted by Gasteiger charge is -2.02. The van der Waals surface area contributed by atoms with Gasteiger partial charge >= 0.3 is 0 Å². The topological polar surface area (TPSA) is 32.9 Å². The Morgan fingerprint density at radius 3 is 2.63 bits per heavy atom. The second-order valence-electron chi connectivity index (χ2n) is 4.44. The van der Waals surface area contributed by atoms with Crippen molar-refractivity contribution in [3.05, 3.63) is 70.9 Å². The molecule has 0 radical (unpaired) electrons. The monoisotopic (exact) mass is 269 g/mol. The number of carbonyl (C=O) groups is 1. The van der Waals surface area contributed by atoms with Crippen LogP contribution < -0.4 is 0 Å². The highest BCUT2D eigenvalue weighted by molar-refractivity contribution is 6.31. The van der Waals surface area contributed by atoms with E-state index in [9.17, 15) is 4.79 Å². The Morgan fingerprint density at radius 1 is 1.05 bits per heavy atom. The number of halogens is 1. The molecule has 19 heavy (non-hydrogen) atoms. The number of hydrogen-bond donors (Lipinski definition) is 1. The number of fused-ring (bicyclic) bond motifs is 1. The van der Waals surface area contributed by atoms with E-state index >= 15 is 0 Å². The molecule has 0 fully saturated rings. The molecule has 0 bridgehead atoms. The fourth-order valence-corrected chi connectivity index (χ4v) is 2.41. The summed E-state index contributed by atoms with van der Waals surface area (Å²) in [6.45, 7) is 0. The number of hydrogen-bond acceptors (Lipinski definition) is 1. The van der Waals surface area contributed by atoms with E-state index in [1.807, 2.05) is 42.5 Å². The van der Waals surface area contributed by atoms with Gasteiger partial charge in [0.25, 0.3) is 0 Å². The van der Waals surface area contributed by atoms with E-state index in [4.69, 9.17) is 11.6 Å². The summed E-state index contributed by atoms with van der Waals surface area (Å²) in [5.41, 5.74) is 2.56. The van der Waals surface area contributed by atoms with Crippen molar-refractivity contribution in [1.82, 2.24) is 4.98 Å². The van der Waals surface area contributed by atoms with Crippen LogP contribution in [0.2, 0.25) is 5.02 Å². The van der Waals surface area contributed by atoms with Crippen molar-refractivity contribution >= 4 is 28.3 Å². The van der Waals surface area contributed by atoms with E-state index in [1.165, 1.54) is 0 Å². The molecule has 2 nitrogen and oxygen atoms in total. The predicted molar refractivity (Wildman–Crippen MR) is 77.8 cm³/mol. The molecule has 0 atom stereocenters. The van der Waals surface area contributed by atoms with Crippen LogP contribution in [-0.4, -0.2) is 10.8 Å². The number of rotatable bonds is 3. The Hall–Kier alpha value is -2.06. The van der Waals surface area contributed by atoms with Crippen molar-refractivity contribution in [3.8, 4) is 0 Å². The molecule has 0 saturated carbocycles. The number of nitrogens with one attached hydrogen (secondary N) is 1. The summed E-state index contributed by atoms with van der Waals surface area (Å²) in [5.74, 6) is 0.0746. The van der Waals surface area contributed by atoms with Gasteiger partial charge in [0.1, 0.15) is 0 Å². The maximum Gasteiger partial charge on any atom is 0.169 e. The van der Waals surface area contributed by atoms with Gasteiger partial charge < -0.3 is 4.98 Å². The Morgan fingerprint density at radius 2 is 1.79 bits per heavy atom. The van der Waals surface area contributed by atoms with Crippen molar-refractivity contribution in [3.63, 3.8) is 0 Å². The number of para-hydroxylation sites is 1. The highest BCUT2D eigenvalue weighted by atomic mass is 35.5. The van der Waals surface area contributed by atoms with Gasteiger partial charge in [0.05, 0.1) is 0 Å². The average molecular weight is 270 g/mol. The minimum atomic E-state index is 0.0746. The van der Waals surface area contributed by atoms with Crippen LogP contribution in [0.25, 0.3) is 10.9 Å². The molecule has 2 aromatic carbocycles. The molecule has 3 heteroatoms. The quantitative estimate of drug-likeness (QED) is 0.709. The first-order chi connectivity index (χ1) is 9.25. The Bertz CT molecular complexity index is 745. The molecule has 0 amide bonds. The molecule has 3 aromatic rings. The zero-order valence-electron chi connectivity index (χ0n) is 10.2. The molecule has 3 rings (SSSR count). The first kappa shape index (κ1) is 12.0. The molecule has 1 aromatic heterocycles. The number of carbonyl (C=O) groups excluding carboxylic acids is 1. The summed E-state index contributed by atoms with van der Waals surface area (Å²) in [6, 6.07) is 15.2. The molecule has 0 aliphatic heterocycles. The van der Waals surface area contributed by atoms with Crippen LogP contribution in [0.5, 0.6) is 0 Å². The predicted octanol–water partition coefficient (Wildman–Crippen LogP) is 4.25. The zero-order valence-corrected chi connectivity index (χ0v) is 10.9. The Labute approximate surface area is 116 Å². The van der Waals surface area contributed by atoms with Crippen molar-refractivity contribution in [2.24, 2.45) is 0 Å². The molecule has 94 valence electrons. The summed E-state index contributed by atoms with van der Waals surface area (Å²) in [4.78, 5) is 15.5. The maximum absolute atomic E-state index is 12.4. The molecule has 0 unspecified atom stereocenters. The highest BCUT2D eigenvalue weighted by Crippen LogP contribution is 2.22. The third kappa shape index (κ3) is 2.27. The van der Waals surface area contributed by atoms with Gasteiger partial charge in [-0.1, -0.05) is 48.0 Å². The minimum absolute atomic E-state index is 0.0746. The van der Waals surface area contributed by atoms with E-state index in [-0.39, 0.29) is 5.78 Å². The zero-order chi connectivity index (χ0) is 13.2. The number of H-pyrrole nitrogens is 1. The second-order valence-corrected chi connectivity index (χ2v) is 4.85. The lowest BCUT2D eigenvalue weighted by molar-refractivity contribution is 0.0994. The summed E-state index contributed by atoms with van der Waals surface area (Å²) in [6.07, 6.45) is 2.09. The number of Topliss-reactive ketones (excluding diaryl/α,β-unsaturated/α-hetero) is 1. The van der Waals surface area contributed by atoms with Gasteiger partial charge in [-0.25, -0.2) is 0 Å². The summed E-state index contributed by atoms with van der Waals surface area (Å²) >= 11 is 6.09. The van der Waals surface area contributed by atoms with Crippen LogP contribution in [0, 0.1) is 0 Å². The fourth-order valence-electron chi connectivity index (χ4n) is 2.21. The normalized spacial score (nSPS) is 10.8. The standard InChI is InChI=1S/C16H12ClNO/c17-14-7-3-1-5-11(14)9-16(19)13-10-18-15-8-4-2-6-12(13)15/h1-8,10,18H,9H2. The van der Waals surface area contributed by atoms with Gasteiger partial charge in [-0.2, -0.15) is 0 Å². The first-order valence-electron chi connectivity index (χ1n) is 6.08. The summed E-state index contributed by atoms with van der Waals surface area (Å²) in [5, 5.41) is 1.59. The molecule has 0 aliphatic carbocycles. The van der Waals surface area contributed by atoms with E-state index in [0.717, 1.165) is 22.0 Å². The van der Waals surface area contributed by atoms with E-state index in [1.54, 1.807) is 12.3 Å². The lowest BCUT2D eigenvalue weighted by atomic mass is 10.0. The van der Waals surface area contributed by atoms with Crippen molar-refractivity contribution in [2.45, 2.75) is 6.42 Å². The molecule has 0 aliphatic rings. The molecule has 0 spiro atoms. The van der Waals surface area contributed by atoms with Gasteiger partial charge in [-0.05, 0) is 17.7 Å². The molecule has 0 saturated heterocycles. The van der Waals surface area contributed by atoms with Gasteiger partial charge in [-0.15, -0.1) is 0 Å². The number of aromatic amines is 1. The summed E-state index contributed by atoms with van der Waals surface area (Å²) in [7, 11) is 0. The Kier molecular flexibility index (Phi) is 3.10. The van der Waals surface area contributed by atoms with Crippen molar-refractivity contribution < 1.29 is 4.79 Å². The lowest BCUT2D eigenvalue weighted by Crippen LogP contribution is -2.03. The van der Waals surface area contributed by atoms with Crippen LogP contribution in [0.3, 0.4) is 0 Å². The van der Waals surface area contributed by atoms with Crippen LogP contribution in [0.1, 0.15) is 15.9 Å². The summed E-state index contributed by atoms with van der Waals surface area (Å²) < 4.78 is 0. The molecular weight excluding hydrogens is 258 g/mol. The van der Waals surface area contributed by atoms with Crippen LogP contribution in [-0.2, 0) is 6.42 Å². The average Bonchev–Trinajstić information content (AvgIpc) is 2.85. The van der Waals surface area contributed by atoms with Crippen LogP contribution in [0.4, 0.5) is 0 Å². The van der Waals surface area contributed by atoms with E-state index in [0.29, 0.717) is 11.4 Å². The van der Waals surface area contributed by atoms with Gasteiger partial charge in [0.2, 0.25) is 0 Å². The largest absolute Gasteiger partial charge is 0.360 e. The third-order valence-electron chi connectivity index (χ3n) is 3.20. The number of benzene rings is 2. The van der Waals surface area contributed by atoms with Crippen LogP contribution >= 0.6 is 11.6 Å². The van der Waals surface area contributed by atoms with E-state index < -0.39 is 0 Å².